The first-order valence-electron chi connectivity index (χ1n) is 13.9. The summed E-state index contributed by atoms with van der Waals surface area (Å²) in [6, 6.07) is 5.65. The van der Waals surface area contributed by atoms with Crippen LogP contribution in [0.3, 0.4) is 0 Å². The molecule has 7 rings (SSSR count). The molecular weight excluding hydrogens is 589 g/mol. The van der Waals surface area contributed by atoms with Gasteiger partial charge in [-0.2, -0.15) is 13.2 Å². The van der Waals surface area contributed by atoms with Crippen LogP contribution in [-0.2, 0) is 39.6 Å². The number of fused-ring (bicyclic) bond motifs is 6. The summed E-state index contributed by atoms with van der Waals surface area (Å²) in [6.45, 7) is 6.71. The summed E-state index contributed by atoms with van der Waals surface area (Å²) in [4.78, 5) is 44.8. The number of nitrogens with zero attached hydrogens (tertiary/aromatic N) is 4. The molecule has 3 aromatic rings. The molecule has 0 amide bonds. The molecule has 2 aromatic heterocycles. The van der Waals surface area contributed by atoms with Crippen LogP contribution in [0.2, 0.25) is 0 Å². The first-order valence-corrected chi connectivity index (χ1v) is 13.9. The van der Waals surface area contributed by atoms with Crippen LogP contribution in [0, 0.1) is 0 Å². The molecule has 234 valence electrons. The van der Waals surface area contributed by atoms with Gasteiger partial charge in [-0.3, -0.25) is 9.69 Å². The number of carbonyl (C=O) groups is 2. The van der Waals surface area contributed by atoms with E-state index in [2.05, 4.69) is 16.8 Å². The Morgan fingerprint density at radius 1 is 1.05 bits per heavy atom. The van der Waals surface area contributed by atoms with E-state index in [1.54, 1.807) is 17.6 Å². The number of cyclic esters (lactones) is 1. The van der Waals surface area contributed by atoms with E-state index >= 15 is 0 Å². The maximum atomic E-state index is 13.7. The van der Waals surface area contributed by atoms with Crippen molar-refractivity contribution in [2.75, 3.05) is 40.0 Å². The number of piperazine rings is 1. The van der Waals surface area contributed by atoms with Crippen molar-refractivity contribution < 1.29 is 47.2 Å². The number of pyridine rings is 2. The summed E-state index contributed by atoms with van der Waals surface area (Å²) in [7, 11) is 2.13. The number of carbonyl (C=O) groups excluding carboxylic acids is 1. The Bertz CT molecular complexity index is 1750. The molecule has 0 bridgehead atoms. The third kappa shape index (κ3) is 4.94. The highest BCUT2D eigenvalue weighted by Gasteiger charge is 2.45. The van der Waals surface area contributed by atoms with Crippen LogP contribution >= 0.6 is 0 Å². The second-order valence-corrected chi connectivity index (χ2v) is 11.1. The molecule has 6 heterocycles. The van der Waals surface area contributed by atoms with E-state index in [0.29, 0.717) is 40.6 Å². The summed E-state index contributed by atoms with van der Waals surface area (Å²) in [5.74, 6) is -2.14. The normalized spacial score (nSPS) is 20.8. The zero-order valence-corrected chi connectivity index (χ0v) is 23.9. The molecule has 1 fully saturated rings. The highest BCUT2D eigenvalue weighted by Crippen LogP contribution is 2.43. The number of aliphatic carboxylic acids is 1. The number of ether oxygens (including phenoxy) is 3. The second kappa shape index (κ2) is 10.7. The van der Waals surface area contributed by atoms with Crippen molar-refractivity contribution in [2.45, 2.75) is 44.8 Å². The van der Waals surface area contributed by atoms with Gasteiger partial charge in [0.1, 0.15) is 6.61 Å². The topological polar surface area (TPSA) is 144 Å². The lowest BCUT2D eigenvalue weighted by atomic mass is 9.86. The minimum atomic E-state index is -5.08. The maximum absolute atomic E-state index is 13.7. The predicted molar refractivity (Wildman–Crippen MR) is 147 cm³/mol. The molecule has 4 aliphatic heterocycles. The third-order valence-corrected chi connectivity index (χ3v) is 8.52. The number of benzene rings is 1. The van der Waals surface area contributed by atoms with Crippen LogP contribution in [0.5, 0.6) is 11.5 Å². The summed E-state index contributed by atoms with van der Waals surface area (Å²) in [6.07, 6.45) is -4.97. The molecule has 1 atom stereocenters. The second-order valence-electron chi connectivity index (χ2n) is 11.1. The fraction of sp³-hybridized carbons (Fsp3) is 0.448. The molecule has 15 heteroatoms. The molecule has 1 aromatic carbocycles. The van der Waals surface area contributed by atoms with Gasteiger partial charge in [0.25, 0.3) is 5.56 Å². The van der Waals surface area contributed by atoms with E-state index in [9.17, 15) is 27.9 Å². The number of aliphatic hydroxyl groups is 1. The fourth-order valence-corrected chi connectivity index (χ4v) is 5.96. The highest BCUT2D eigenvalue weighted by molar-refractivity contribution is 5.91. The molecule has 0 spiro atoms. The van der Waals surface area contributed by atoms with Gasteiger partial charge in [-0.25, -0.2) is 14.6 Å². The van der Waals surface area contributed by atoms with Crippen molar-refractivity contribution >= 4 is 22.8 Å². The van der Waals surface area contributed by atoms with Crippen LogP contribution in [0.1, 0.15) is 35.6 Å². The Morgan fingerprint density at radius 3 is 2.34 bits per heavy atom. The number of likely N-dealkylation sites (N-methyl/N-ethyl adjacent to an activating group) is 1. The quantitative estimate of drug-likeness (QED) is 0.326. The fourth-order valence-electron chi connectivity index (χ4n) is 5.96. The van der Waals surface area contributed by atoms with Crippen molar-refractivity contribution in [3.05, 3.63) is 50.8 Å². The van der Waals surface area contributed by atoms with Crippen LogP contribution in [0.4, 0.5) is 13.2 Å². The maximum Gasteiger partial charge on any atom is 0.490 e. The first kappa shape index (κ1) is 29.8. The van der Waals surface area contributed by atoms with Gasteiger partial charge in [0.2, 0.25) is 6.79 Å². The predicted octanol–water partition coefficient (Wildman–Crippen LogP) is 2.19. The smallest absolute Gasteiger partial charge is 0.475 e. The standard InChI is InChI=1S/C27H28N4O6.C2HF3O2/c1-3-27(34)19-9-21-24-17(12-31(21)25(32)18(19)13-35-26(27)33)16(11-30-6-4-29(2)5-7-30)15-8-22-23(37-14-36-22)10-20(15)28-24;3-2(4,5)1(6)7/h8-10,34H,3-7,11-14H2,1-2H3;(H,6,7)/t27-;/m0./s1. The summed E-state index contributed by atoms with van der Waals surface area (Å²) >= 11 is 0. The lowest BCUT2D eigenvalue weighted by Crippen LogP contribution is -2.44. The Kier molecular flexibility index (Phi) is 7.29. The van der Waals surface area contributed by atoms with Crippen LogP contribution in [0.15, 0.2) is 23.0 Å². The van der Waals surface area contributed by atoms with E-state index in [1.807, 2.05) is 12.1 Å². The van der Waals surface area contributed by atoms with Gasteiger partial charge in [-0.1, -0.05) is 6.92 Å². The van der Waals surface area contributed by atoms with E-state index in [1.165, 1.54) is 0 Å². The van der Waals surface area contributed by atoms with Crippen molar-refractivity contribution in [3.8, 4) is 22.9 Å². The van der Waals surface area contributed by atoms with Gasteiger partial charge in [0.05, 0.1) is 29.0 Å². The molecule has 12 nitrogen and oxygen atoms in total. The SMILES string of the molecule is CC[C@@]1(O)C(=O)OCc2c1cc1n(c2=O)Cc2c-1nc1cc3c(cc1c2CN1CCN(C)CC1)OCO3.O=C(O)C(F)(F)F. The van der Waals surface area contributed by atoms with E-state index < -0.39 is 23.7 Å². The Balaban J connectivity index is 0.000000441. The number of carboxylic acids is 1. The number of halogens is 3. The summed E-state index contributed by atoms with van der Waals surface area (Å²) < 4.78 is 49.9. The van der Waals surface area contributed by atoms with Crippen LogP contribution in [-0.4, -0.2) is 87.7 Å². The number of esters is 1. The largest absolute Gasteiger partial charge is 0.490 e. The lowest BCUT2D eigenvalue weighted by Gasteiger charge is -2.33. The van der Waals surface area contributed by atoms with E-state index in [4.69, 9.17) is 29.1 Å². The Hall–Kier alpha value is -4.21. The van der Waals surface area contributed by atoms with E-state index in [-0.39, 0.29) is 25.4 Å². The monoisotopic (exact) mass is 618 g/mol. The van der Waals surface area contributed by atoms with Gasteiger partial charge in [0, 0.05) is 55.3 Å². The number of rotatable bonds is 3. The first-order chi connectivity index (χ1) is 20.8. The van der Waals surface area contributed by atoms with Crippen molar-refractivity contribution in [1.82, 2.24) is 19.4 Å². The number of hydrogen-bond acceptors (Lipinski definition) is 10. The minimum absolute atomic E-state index is 0.109. The van der Waals surface area contributed by atoms with Gasteiger partial charge >= 0.3 is 18.1 Å². The number of carboxylic acid groups (broad SMARTS) is 1. The van der Waals surface area contributed by atoms with Crippen molar-refractivity contribution in [2.24, 2.45) is 0 Å². The summed E-state index contributed by atoms with van der Waals surface area (Å²) in [5.41, 5.74) is 2.71. The molecule has 0 unspecified atom stereocenters. The number of hydrogen-bond donors (Lipinski definition) is 2. The Morgan fingerprint density at radius 2 is 1.70 bits per heavy atom. The van der Waals surface area contributed by atoms with Gasteiger partial charge in [-0.15, -0.1) is 0 Å². The summed E-state index contributed by atoms with van der Waals surface area (Å²) in [5, 5.41) is 19.3. The number of alkyl halides is 3. The number of aromatic nitrogens is 2. The van der Waals surface area contributed by atoms with Gasteiger partial charge in [0.15, 0.2) is 17.1 Å². The molecule has 0 radical (unpaired) electrons. The Labute approximate surface area is 248 Å². The average Bonchev–Trinajstić information content (AvgIpc) is 3.59. The molecule has 1 saturated heterocycles. The van der Waals surface area contributed by atoms with Gasteiger partial charge < -0.3 is 33.9 Å². The average molecular weight is 619 g/mol. The molecule has 0 aliphatic carbocycles. The molecular formula is C29H29F3N4O8. The molecule has 4 aliphatic rings. The van der Waals surface area contributed by atoms with Crippen molar-refractivity contribution in [3.63, 3.8) is 0 Å². The molecule has 44 heavy (non-hydrogen) atoms. The van der Waals surface area contributed by atoms with Crippen LogP contribution < -0.4 is 15.0 Å². The zero-order chi connectivity index (χ0) is 31.6. The molecule has 0 saturated carbocycles. The molecule has 2 N–H and O–H groups in total. The van der Waals surface area contributed by atoms with Crippen LogP contribution in [0.25, 0.3) is 22.3 Å². The minimum Gasteiger partial charge on any atom is -0.475 e. The van der Waals surface area contributed by atoms with E-state index in [0.717, 1.165) is 54.8 Å². The van der Waals surface area contributed by atoms with Gasteiger partial charge in [-0.05, 0) is 31.2 Å². The zero-order valence-electron chi connectivity index (χ0n) is 23.9. The lowest BCUT2D eigenvalue weighted by molar-refractivity contribution is -0.192. The third-order valence-electron chi connectivity index (χ3n) is 8.52. The van der Waals surface area contributed by atoms with Crippen molar-refractivity contribution in [1.29, 1.82) is 0 Å². The highest BCUT2D eigenvalue weighted by atomic mass is 19.4.